The third kappa shape index (κ3) is 2.34. The van der Waals surface area contributed by atoms with E-state index in [9.17, 15) is 14.7 Å². The molecular formula is C24H34ClFO3. The number of alkyl halides is 2. The van der Waals surface area contributed by atoms with Crippen molar-refractivity contribution >= 4 is 23.2 Å². The van der Waals surface area contributed by atoms with E-state index in [4.69, 9.17) is 11.6 Å². The Morgan fingerprint density at radius 1 is 1.31 bits per heavy atom. The van der Waals surface area contributed by atoms with Crippen LogP contribution in [0.5, 0.6) is 0 Å². The second-order valence-electron chi connectivity index (χ2n) is 10.6. The molecule has 3 saturated carbocycles. The van der Waals surface area contributed by atoms with E-state index < -0.39 is 28.0 Å². The number of aliphatic hydroxyl groups is 1. The Bertz CT molecular complexity index is 780. The second-order valence-corrected chi connectivity index (χ2v) is 10.9. The highest BCUT2D eigenvalue weighted by molar-refractivity contribution is 6.28. The standard InChI is InChI=1S/C24H34ClFO3/c1-5-23(20(29)13-25)14(2)10-18-17-7-6-15-11-16(27)8-9-21(15,3)24(17,26)19(28)12-22(18,23)4/h11,14,17-19,28H,5-10,12-13H2,1-4H3/t14?,17-,18-,19?,21-,22-,23+,24-/m0/s1. The number of fused-ring (bicyclic) bond motifs is 5. The number of halogens is 2. The number of rotatable bonds is 3. The lowest BCUT2D eigenvalue weighted by Crippen LogP contribution is -2.68. The summed E-state index contributed by atoms with van der Waals surface area (Å²) in [7, 11) is 0. The fraction of sp³-hybridized carbons (Fsp3) is 0.833. The molecule has 0 saturated heterocycles. The van der Waals surface area contributed by atoms with Crippen molar-refractivity contribution < 1.29 is 19.1 Å². The molecule has 4 aliphatic rings. The van der Waals surface area contributed by atoms with E-state index in [1.165, 1.54) is 0 Å². The number of hydrogen-bond donors (Lipinski definition) is 1. The van der Waals surface area contributed by atoms with Crippen molar-refractivity contribution in [1.29, 1.82) is 0 Å². The Morgan fingerprint density at radius 2 is 2.00 bits per heavy atom. The zero-order valence-corrected chi connectivity index (χ0v) is 18.8. The van der Waals surface area contributed by atoms with Crippen LogP contribution in [0.4, 0.5) is 4.39 Å². The molecule has 0 bridgehead atoms. The van der Waals surface area contributed by atoms with Crippen LogP contribution in [0, 0.1) is 34.0 Å². The summed E-state index contributed by atoms with van der Waals surface area (Å²) in [4.78, 5) is 25.2. The van der Waals surface area contributed by atoms with Gasteiger partial charge in [0.2, 0.25) is 0 Å². The zero-order valence-electron chi connectivity index (χ0n) is 18.1. The maximum absolute atomic E-state index is 17.1. The van der Waals surface area contributed by atoms with Crippen LogP contribution >= 0.6 is 11.6 Å². The van der Waals surface area contributed by atoms with Crippen LogP contribution in [0.3, 0.4) is 0 Å². The second kappa shape index (κ2) is 6.63. The molecule has 1 N–H and O–H groups in total. The Kier molecular flexibility index (Phi) is 4.91. The van der Waals surface area contributed by atoms with Gasteiger partial charge in [0.1, 0.15) is 5.67 Å². The molecule has 0 amide bonds. The van der Waals surface area contributed by atoms with Crippen LogP contribution in [0.1, 0.15) is 72.6 Å². The molecule has 3 fully saturated rings. The van der Waals surface area contributed by atoms with Gasteiger partial charge in [0.15, 0.2) is 11.6 Å². The van der Waals surface area contributed by atoms with Gasteiger partial charge in [-0.15, -0.1) is 11.6 Å². The molecule has 0 aromatic heterocycles. The third-order valence-electron chi connectivity index (χ3n) is 10.1. The fourth-order valence-corrected chi connectivity index (χ4v) is 8.91. The number of Topliss-reactive ketones (excluding diaryl/α,β-unsaturated/α-hetero) is 1. The fourth-order valence-electron chi connectivity index (χ4n) is 8.67. The van der Waals surface area contributed by atoms with Crippen molar-refractivity contribution in [1.82, 2.24) is 0 Å². The van der Waals surface area contributed by atoms with Crippen molar-refractivity contribution in [3.8, 4) is 0 Å². The van der Waals surface area contributed by atoms with Gasteiger partial charge in [-0.25, -0.2) is 4.39 Å². The van der Waals surface area contributed by atoms with Crippen LogP contribution < -0.4 is 0 Å². The minimum Gasteiger partial charge on any atom is -0.390 e. The summed E-state index contributed by atoms with van der Waals surface area (Å²) in [6, 6.07) is 0. The van der Waals surface area contributed by atoms with Gasteiger partial charge in [-0.05, 0) is 61.9 Å². The minimum absolute atomic E-state index is 0.0330. The van der Waals surface area contributed by atoms with Crippen molar-refractivity contribution in [3.63, 3.8) is 0 Å². The molecule has 4 rings (SSSR count). The topological polar surface area (TPSA) is 54.4 Å². The summed E-state index contributed by atoms with van der Waals surface area (Å²) in [5.74, 6) is -0.0691. The average Bonchev–Trinajstić information content (AvgIpc) is 2.90. The first-order chi connectivity index (χ1) is 13.5. The van der Waals surface area contributed by atoms with Gasteiger partial charge >= 0.3 is 0 Å². The third-order valence-corrected chi connectivity index (χ3v) is 10.3. The Balaban J connectivity index is 1.84. The van der Waals surface area contributed by atoms with Gasteiger partial charge in [0.25, 0.3) is 0 Å². The predicted molar refractivity (Wildman–Crippen MR) is 111 cm³/mol. The molecule has 0 spiro atoms. The number of carbonyl (C=O) groups excluding carboxylic acids is 2. The highest BCUT2D eigenvalue weighted by Gasteiger charge is 2.75. The molecular weight excluding hydrogens is 391 g/mol. The number of carbonyl (C=O) groups is 2. The average molecular weight is 425 g/mol. The first-order valence-electron chi connectivity index (χ1n) is 11.2. The number of allylic oxidation sites excluding steroid dienone is 1. The molecule has 29 heavy (non-hydrogen) atoms. The smallest absolute Gasteiger partial charge is 0.155 e. The molecule has 0 heterocycles. The van der Waals surface area contributed by atoms with Gasteiger partial charge in [0, 0.05) is 23.2 Å². The summed E-state index contributed by atoms with van der Waals surface area (Å²) in [5.41, 5.74) is -2.76. The van der Waals surface area contributed by atoms with Crippen LogP contribution in [0.15, 0.2) is 11.6 Å². The summed E-state index contributed by atoms with van der Waals surface area (Å²) in [6.45, 7) is 8.17. The molecule has 3 nitrogen and oxygen atoms in total. The van der Waals surface area contributed by atoms with E-state index in [1.54, 1.807) is 6.08 Å². The number of ketones is 2. The first kappa shape index (κ1) is 21.5. The van der Waals surface area contributed by atoms with Gasteiger partial charge < -0.3 is 5.11 Å². The zero-order chi connectivity index (χ0) is 21.4. The molecule has 162 valence electrons. The van der Waals surface area contributed by atoms with E-state index in [2.05, 4.69) is 13.8 Å². The van der Waals surface area contributed by atoms with E-state index in [-0.39, 0.29) is 41.6 Å². The Hall–Kier alpha value is -0.740. The molecule has 4 aliphatic carbocycles. The van der Waals surface area contributed by atoms with E-state index in [0.717, 1.165) is 12.0 Å². The van der Waals surface area contributed by atoms with Crippen LogP contribution in [-0.4, -0.2) is 34.3 Å². The number of hydrogen-bond acceptors (Lipinski definition) is 3. The molecule has 0 aliphatic heterocycles. The number of aliphatic hydroxyl groups excluding tert-OH is 1. The maximum Gasteiger partial charge on any atom is 0.155 e. The SMILES string of the molecule is CC[C@]1(C(=O)CCl)C(C)C[C@H]2[C@@H]3CCC4=CC(=O)CC[C@]4(C)[C@@]3(F)C(O)C[C@@]21C. The van der Waals surface area contributed by atoms with Crippen LogP contribution in [0.25, 0.3) is 0 Å². The van der Waals surface area contributed by atoms with Gasteiger partial charge in [-0.3, -0.25) is 9.59 Å². The van der Waals surface area contributed by atoms with Crippen molar-refractivity contribution in [2.45, 2.75) is 84.4 Å². The van der Waals surface area contributed by atoms with Gasteiger partial charge in [-0.2, -0.15) is 0 Å². The van der Waals surface area contributed by atoms with Crippen molar-refractivity contribution in [2.24, 2.45) is 34.0 Å². The van der Waals surface area contributed by atoms with Crippen LogP contribution in [0.2, 0.25) is 0 Å². The summed E-state index contributed by atoms with van der Waals surface area (Å²) in [6.07, 6.45) is 4.38. The van der Waals surface area contributed by atoms with E-state index in [1.807, 2.05) is 13.8 Å². The Labute approximate surface area is 178 Å². The first-order valence-corrected chi connectivity index (χ1v) is 11.8. The predicted octanol–water partition coefficient (Wildman–Crippen LogP) is 5.03. The maximum atomic E-state index is 17.1. The lowest BCUT2D eigenvalue weighted by molar-refractivity contribution is -0.217. The molecule has 2 unspecified atom stereocenters. The van der Waals surface area contributed by atoms with Crippen molar-refractivity contribution in [3.05, 3.63) is 11.6 Å². The quantitative estimate of drug-likeness (QED) is 0.646. The summed E-state index contributed by atoms with van der Waals surface area (Å²) in [5, 5.41) is 11.4. The molecule has 0 aromatic rings. The van der Waals surface area contributed by atoms with Gasteiger partial charge in [0.05, 0.1) is 12.0 Å². The largest absolute Gasteiger partial charge is 0.390 e. The Morgan fingerprint density at radius 3 is 2.62 bits per heavy atom. The molecule has 5 heteroatoms. The summed E-state index contributed by atoms with van der Waals surface area (Å²) >= 11 is 6.06. The van der Waals surface area contributed by atoms with E-state index >= 15 is 4.39 Å². The van der Waals surface area contributed by atoms with Gasteiger partial charge in [-0.1, -0.05) is 33.3 Å². The molecule has 0 radical (unpaired) electrons. The minimum atomic E-state index is -1.75. The monoisotopic (exact) mass is 424 g/mol. The van der Waals surface area contributed by atoms with Crippen molar-refractivity contribution in [2.75, 3.05) is 5.88 Å². The molecule has 8 atom stereocenters. The van der Waals surface area contributed by atoms with Crippen LogP contribution in [-0.2, 0) is 9.59 Å². The highest BCUT2D eigenvalue weighted by Crippen LogP contribution is 2.74. The lowest BCUT2D eigenvalue weighted by atomic mass is 9.42. The summed E-state index contributed by atoms with van der Waals surface area (Å²) < 4.78 is 17.1. The van der Waals surface area contributed by atoms with E-state index in [0.29, 0.717) is 32.1 Å². The molecule has 0 aromatic carbocycles. The lowest BCUT2D eigenvalue weighted by Gasteiger charge is -2.64. The normalized spacial score (nSPS) is 51.7. The highest BCUT2D eigenvalue weighted by atomic mass is 35.5.